The predicted molar refractivity (Wildman–Crippen MR) is 171 cm³/mol. The first kappa shape index (κ1) is 28.8. The van der Waals surface area contributed by atoms with Gasteiger partial charge in [0, 0.05) is 51.5 Å². The van der Waals surface area contributed by atoms with E-state index in [0.29, 0.717) is 33.3 Å². The number of amides is 1. The molecule has 6 heteroatoms. The number of rotatable bonds is 12. The zero-order chi connectivity index (χ0) is 28.6. The predicted octanol–water partition coefficient (Wildman–Crippen LogP) is 9.76. The number of benzene rings is 4. The third-order valence-corrected chi connectivity index (χ3v) is 7.91. The molecule has 5 aromatic rings. The first-order chi connectivity index (χ1) is 20.0. The fourth-order valence-corrected chi connectivity index (χ4v) is 5.65. The Morgan fingerprint density at radius 2 is 1.32 bits per heavy atom. The molecule has 0 aliphatic rings. The van der Waals surface area contributed by atoms with E-state index in [2.05, 4.69) is 46.4 Å². The number of phenols is 1. The van der Waals surface area contributed by atoms with Gasteiger partial charge in [0.25, 0.3) is 5.91 Å². The highest BCUT2D eigenvalue weighted by atomic mass is 35.5. The monoisotopic (exact) mass is 584 g/mol. The second-order valence-electron chi connectivity index (χ2n) is 10.4. The molecule has 4 nitrogen and oxygen atoms in total. The van der Waals surface area contributed by atoms with E-state index in [4.69, 9.17) is 23.2 Å². The van der Waals surface area contributed by atoms with E-state index in [-0.39, 0.29) is 11.7 Å². The summed E-state index contributed by atoms with van der Waals surface area (Å²) in [5, 5.41) is 16.7. The molecule has 210 valence electrons. The van der Waals surface area contributed by atoms with Gasteiger partial charge in [-0.3, -0.25) is 4.79 Å². The normalized spacial score (nSPS) is 11.2. The van der Waals surface area contributed by atoms with Gasteiger partial charge >= 0.3 is 0 Å². The Morgan fingerprint density at radius 3 is 1.98 bits per heavy atom. The van der Waals surface area contributed by atoms with Crippen LogP contribution in [-0.2, 0) is 6.54 Å². The van der Waals surface area contributed by atoms with Crippen molar-refractivity contribution < 1.29 is 9.90 Å². The summed E-state index contributed by atoms with van der Waals surface area (Å²) in [5.41, 5.74) is 4.34. The summed E-state index contributed by atoms with van der Waals surface area (Å²) in [5.74, 6) is -0.0912. The van der Waals surface area contributed by atoms with Gasteiger partial charge in [-0.15, -0.1) is 0 Å². The highest BCUT2D eigenvalue weighted by molar-refractivity contribution is 6.31. The van der Waals surface area contributed by atoms with Crippen LogP contribution in [0.3, 0.4) is 0 Å². The minimum absolute atomic E-state index is 0.0797. The van der Waals surface area contributed by atoms with Gasteiger partial charge in [-0.1, -0.05) is 91.3 Å². The quantitative estimate of drug-likeness (QED) is 0.143. The third kappa shape index (κ3) is 7.32. The number of fused-ring (bicyclic) bond motifs is 1. The molecular formula is C35H34Cl2N2O2. The lowest BCUT2D eigenvalue weighted by Crippen LogP contribution is -2.24. The van der Waals surface area contributed by atoms with Gasteiger partial charge in [0.05, 0.1) is 0 Å². The SMILES string of the molecule is O=C(NCCCCCCCCn1ccc2ccccc21)c1cc(-c2cccc(Cl)c2)c(O)c(-c2cccc(Cl)c2)c1. The average molecular weight is 586 g/mol. The molecule has 0 saturated heterocycles. The lowest BCUT2D eigenvalue weighted by atomic mass is 9.94. The molecule has 0 unspecified atom stereocenters. The summed E-state index contributed by atoms with van der Waals surface area (Å²) in [6.07, 6.45) is 8.89. The van der Waals surface area contributed by atoms with Gasteiger partial charge in [0.15, 0.2) is 0 Å². The maximum Gasteiger partial charge on any atom is 0.251 e. The molecule has 0 saturated carbocycles. The van der Waals surface area contributed by atoms with Crippen LogP contribution in [0.1, 0.15) is 48.9 Å². The Hall–Kier alpha value is -3.73. The molecule has 0 bridgehead atoms. The maximum atomic E-state index is 13.2. The van der Waals surface area contributed by atoms with Crippen LogP contribution in [0.25, 0.3) is 33.2 Å². The Morgan fingerprint density at radius 1 is 0.707 bits per heavy atom. The number of unbranched alkanes of at least 4 members (excludes halogenated alkanes) is 5. The Balaban J connectivity index is 1.14. The number of carbonyl (C=O) groups excluding carboxylic acids is 1. The molecular weight excluding hydrogens is 551 g/mol. The standard InChI is InChI=1S/C35H34Cl2N2O2/c36-29-14-9-12-26(21-29)31-23-28(24-32(34(31)40)27-13-10-15-30(37)22-27)35(41)38-18-7-3-1-2-4-8-19-39-20-17-25-11-5-6-16-33(25)39/h5-6,9-17,20-24,40H,1-4,7-8,18-19H2,(H,38,41). The number of nitrogens with one attached hydrogen (secondary N) is 1. The van der Waals surface area contributed by atoms with Crippen LogP contribution in [0, 0.1) is 0 Å². The number of nitrogens with zero attached hydrogens (tertiary/aromatic N) is 1. The van der Waals surface area contributed by atoms with Gasteiger partial charge in [-0.2, -0.15) is 0 Å². The van der Waals surface area contributed by atoms with Crippen molar-refractivity contribution in [2.75, 3.05) is 6.54 Å². The summed E-state index contributed by atoms with van der Waals surface area (Å²) in [4.78, 5) is 13.2. The summed E-state index contributed by atoms with van der Waals surface area (Å²) < 4.78 is 2.34. The molecule has 2 N–H and O–H groups in total. The van der Waals surface area contributed by atoms with E-state index in [1.807, 2.05) is 24.3 Å². The highest BCUT2D eigenvalue weighted by Crippen LogP contribution is 2.40. The van der Waals surface area contributed by atoms with E-state index < -0.39 is 0 Å². The lowest BCUT2D eigenvalue weighted by molar-refractivity contribution is 0.0953. The number of aromatic hydroxyl groups is 1. The van der Waals surface area contributed by atoms with Gasteiger partial charge in [-0.05, 0) is 77.9 Å². The minimum Gasteiger partial charge on any atom is -0.507 e. The number of hydrogen-bond acceptors (Lipinski definition) is 2. The summed E-state index contributed by atoms with van der Waals surface area (Å²) in [7, 11) is 0. The van der Waals surface area contributed by atoms with Crippen LogP contribution in [0.2, 0.25) is 10.0 Å². The minimum atomic E-state index is -0.171. The first-order valence-corrected chi connectivity index (χ1v) is 15.0. The fourth-order valence-electron chi connectivity index (χ4n) is 5.27. The molecule has 0 aliphatic carbocycles. The second-order valence-corrected chi connectivity index (χ2v) is 11.3. The highest BCUT2D eigenvalue weighted by Gasteiger charge is 2.17. The summed E-state index contributed by atoms with van der Waals surface area (Å²) in [6.45, 7) is 1.65. The second kappa shape index (κ2) is 13.8. The molecule has 1 amide bonds. The maximum absolute atomic E-state index is 13.2. The lowest BCUT2D eigenvalue weighted by Gasteiger charge is -2.14. The van der Waals surface area contributed by atoms with Crippen molar-refractivity contribution in [1.82, 2.24) is 9.88 Å². The smallest absolute Gasteiger partial charge is 0.251 e. The van der Waals surface area contributed by atoms with Gasteiger partial charge in [0.1, 0.15) is 5.75 Å². The zero-order valence-electron chi connectivity index (χ0n) is 23.0. The van der Waals surface area contributed by atoms with Crippen molar-refractivity contribution >= 4 is 40.0 Å². The molecule has 41 heavy (non-hydrogen) atoms. The Bertz CT molecular complexity index is 1580. The van der Waals surface area contributed by atoms with Crippen LogP contribution < -0.4 is 5.32 Å². The van der Waals surface area contributed by atoms with Crippen molar-refractivity contribution in [3.8, 4) is 28.0 Å². The van der Waals surface area contributed by atoms with Gasteiger partial charge < -0.3 is 15.0 Å². The Labute approximate surface area is 251 Å². The first-order valence-electron chi connectivity index (χ1n) is 14.2. The number of halogens is 2. The number of aromatic nitrogens is 1. The topological polar surface area (TPSA) is 54.3 Å². The van der Waals surface area contributed by atoms with Crippen LogP contribution >= 0.6 is 23.2 Å². The molecule has 5 rings (SSSR count). The van der Waals surface area contributed by atoms with Gasteiger partial charge in [-0.25, -0.2) is 0 Å². The van der Waals surface area contributed by atoms with Crippen molar-refractivity contribution in [2.45, 2.75) is 45.1 Å². The molecule has 1 heterocycles. The number of hydrogen-bond donors (Lipinski definition) is 2. The number of para-hydroxylation sites is 1. The molecule has 1 aromatic heterocycles. The largest absolute Gasteiger partial charge is 0.507 e. The number of carbonyl (C=O) groups is 1. The van der Waals surface area contributed by atoms with Crippen LogP contribution in [0.5, 0.6) is 5.75 Å². The van der Waals surface area contributed by atoms with Crippen molar-refractivity contribution in [3.05, 3.63) is 113 Å². The average Bonchev–Trinajstić information content (AvgIpc) is 3.39. The number of aryl methyl sites for hydroxylation is 1. The van der Waals surface area contributed by atoms with Crippen LogP contribution in [-0.4, -0.2) is 22.1 Å². The molecule has 4 aromatic carbocycles. The van der Waals surface area contributed by atoms with Crippen LogP contribution in [0.4, 0.5) is 0 Å². The van der Waals surface area contributed by atoms with E-state index in [1.165, 1.54) is 30.2 Å². The summed E-state index contributed by atoms with van der Waals surface area (Å²) in [6, 6.07) is 28.6. The van der Waals surface area contributed by atoms with Gasteiger partial charge in [0.2, 0.25) is 0 Å². The van der Waals surface area contributed by atoms with Crippen molar-refractivity contribution in [2.24, 2.45) is 0 Å². The molecule has 0 spiro atoms. The summed E-state index contributed by atoms with van der Waals surface area (Å²) >= 11 is 12.5. The number of phenolic OH excluding ortho intramolecular Hbond substituents is 1. The van der Waals surface area contributed by atoms with Crippen molar-refractivity contribution in [1.29, 1.82) is 0 Å². The molecule has 0 atom stereocenters. The fraction of sp³-hybridized carbons (Fsp3) is 0.229. The van der Waals surface area contributed by atoms with E-state index in [9.17, 15) is 9.90 Å². The van der Waals surface area contributed by atoms with E-state index >= 15 is 0 Å². The Kier molecular flexibility index (Phi) is 9.66. The molecule has 0 aliphatic heterocycles. The molecule has 0 fully saturated rings. The van der Waals surface area contributed by atoms with E-state index in [1.54, 1.807) is 36.4 Å². The third-order valence-electron chi connectivity index (χ3n) is 7.43. The van der Waals surface area contributed by atoms with Crippen LogP contribution in [0.15, 0.2) is 97.2 Å². The van der Waals surface area contributed by atoms with E-state index in [0.717, 1.165) is 36.9 Å². The molecule has 0 radical (unpaired) electrons. The van der Waals surface area contributed by atoms with Crippen molar-refractivity contribution in [3.63, 3.8) is 0 Å². The zero-order valence-corrected chi connectivity index (χ0v) is 24.5.